The molecule has 170 valence electrons. The number of aryl methyl sites for hydroxylation is 1. The predicted octanol–water partition coefficient (Wildman–Crippen LogP) is 4.97. The lowest BCUT2D eigenvalue weighted by molar-refractivity contribution is 0.0711. The summed E-state index contributed by atoms with van der Waals surface area (Å²) >= 11 is 1.53. The molecule has 0 saturated carbocycles. The van der Waals surface area contributed by atoms with Crippen LogP contribution >= 0.6 is 11.3 Å². The Kier molecular flexibility index (Phi) is 5.46. The molecule has 4 aromatic rings. The van der Waals surface area contributed by atoms with Crippen molar-refractivity contribution in [1.82, 2.24) is 19.7 Å². The minimum atomic E-state index is -0.772. The first-order chi connectivity index (χ1) is 15.8. The first-order valence-corrected chi connectivity index (χ1v) is 11.4. The molecule has 0 saturated heterocycles. The molecule has 0 atom stereocenters. The third kappa shape index (κ3) is 4.38. The van der Waals surface area contributed by atoms with Gasteiger partial charge in [0.25, 0.3) is 0 Å². The molecule has 5 rings (SSSR count). The van der Waals surface area contributed by atoms with Crippen molar-refractivity contribution < 1.29 is 18.6 Å². The van der Waals surface area contributed by atoms with Gasteiger partial charge in [0.15, 0.2) is 11.6 Å². The van der Waals surface area contributed by atoms with Gasteiger partial charge in [0.1, 0.15) is 29.3 Å². The van der Waals surface area contributed by atoms with Gasteiger partial charge in [-0.05, 0) is 57.0 Å². The Morgan fingerprint density at radius 2 is 2.03 bits per heavy atom. The van der Waals surface area contributed by atoms with E-state index in [9.17, 15) is 13.9 Å². The first-order valence-electron chi connectivity index (χ1n) is 10.6. The quantitative estimate of drug-likeness (QED) is 0.448. The maximum absolute atomic E-state index is 14.4. The Hall–Kier alpha value is -3.17. The van der Waals surface area contributed by atoms with Crippen LogP contribution in [0, 0.1) is 11.6 Å². The zero-order chi connectivity index (χ0) is 23.2. The molecule has 1 aliphatic heterocycles. The van der Waals surface area contributed by atoms with Crippen LogP contribution in [0.1, 0.15) is 30.8 Å². The van der Waals surface area contributed by atoms with Gasteiger partial charge in [0.2, 0.25) is 0 Å². The average Bonchev–Trinajstić information content (AvgIpc) is 3.36. The predicted molar refractivity (Wildman–Crippen MR) is 122 cm³/mol. The van der Waals surface area contributed by atoms with Gasteiger partial charge in [-0.15, -0.1) is 11.3 Å². The van der Waals surface area contributed by atoms with Crippen molar-refractivity contribution >= 4 is 11.3 Å². The fourth-order valence-electron chi connectivity index (χ4n) is 3.79. The van der Waals surface area contributed by atoms with Crippen LogP contribution in [0.25, 0.3) is 27.6 Å². The molecule has 0 fully saturated rings. The summed E-state index contributed by atoms with van der Waals surface area (Å²) < 4.78 is 35.1. The highest BCUT2D eigenvalue weighted by atomic mass is 32.1. The van der Waals surface area contributed by atoms with Crippen LogP contribution in [0.4, 0.5) is 8.78 Å². The number of hydrogen-bond acceptors (Lipinski definition) is 6. The van der Waals surface area contributed by atoms with Gasteiger partial charge in [0, 0.05) is 28.6 Å². The number of fused-ring (bicyclic) bond motifs is 3. The molecule has 0 bridgehead atoms. The summed E-state index contributed by atoms with van der Waals surface area (Å²) in [6.45, 7) is 4.08. The highest BCUT2D eigenvalue weighted by Gasteiger charge is 2.24. The number of thiophene rings is 1. The zero-order valence-electron chi connectivity index (χ0n) is 18.2. The maximum atomic E-state index is 14.4. The average molecular weight is 469 g/mol. The van der Waals surface area contributed by atoms with E-state index in [1.165, 1.54) is 34.5 Å². The minimum absolute atomic E-state index is 0.128. The molecule has 6 nitrogen and oxygen atoms in total. The van der Waals surface area contributed by atoms with E-state index in [1.807, 2.05) is 18.2 Å². The number of pyridine rings is 1. The molecule has 0 amide bonds. The van der Waals surface area contributed by atoms with Crippen LogP contribution in [0.15, 0.2) is 42.7 Å². The van der Waals surface area contributed by atoms with Crippen LogP contribution < -0.4 is 4.74 Å². The number of halogens is 2. The zero-order valence-corrected chi connectivity index (χ0v) is 19.0. The summed E-state index contributed by atoms with van der Waals surface area (Å²) in [6.07, 6.45) is 3.29. The van der Waals surface area contributed by atoms with Gasteiger partial charge in [-0.1, -0.05) is 0 Å². The fourth-order valence-corrected chi connectivity index (χ4v) is 4.91. The number of hydrogen-bond donors (Lipinski definition) is 1. The molecule has 0 aliphatic carbocycles. The second-order valence-electron chi connectivity index (χ2n) is 8.60. The number of aromatic nitrogens is 4. The second kappa shape index (κ2) is 8.31. The highest BCUT2D eigenvalue weighted by Crippen LogP contribution is 2.42. The fraction of sp³-hybridized carbons (Fsp3) is 0.292. The number of benzene rings is 1. The van der Waals surface area contributed by atoms with Gasteiger partial charge in [0.05, 0.1) is 17.1 Å². The number of ether oxygens (including phenoxy) is 1. The van der Waals surface area contributed by atoms with Crippen molar-refractivity contribution in [3.63, 3.8) is 0 Å². The largest absolute Gasteiger partial charge is 0.491 e. The van der Waals surface area contributed by atoms with E-state index < -0.39 is 17.2 Å². The van der Waals surface area contributed by atoms with Crippen molar-refractivity contribution in [2.75, 3.05) is 6.61 Å². The van der Waals surface area contributed by atoms with Crippen LogP contribution in [-0.2, 0) is 12.8 Å². The van der Waals surface area contributed by atoms with Crippen LogP contribution in [-0.4, -0.2) is 37.1 Å². The van der Waals surface area contributed by atoms with E-state index in [-0.39, 0.29) is 5.69 Å². The Labute approximate surface area is 193 Å². The van der Waals surface area contributed by atoms with Crippen LogP contribution in [0.3, 0.4) is 0 Å². The summed E-state index contributed by atoms with van der Waals surface area (Å²) in [4.78, 5) is 11.1. The second-order valence-corrected chi connectivity index (χ2v) is 9.74. The van der Waals surface area contributed by atoms with Crippen LogP contribution in [0.2, 0.25) is 0 Å². The molecule has 1 aliphatic rings. The van der Waals surface area contributed by atoms with E-state index in [4.69, 9.17) is 9.72 Å². The molecule has 0 spiro atoms. The summed E-state index contributed by atoms with van der Waals surface area (Å²) in [5.74, 6) is -0.184. The normalized spacial score (nSPS) is 13.2. The van der Waals surface area contributed by atoms with E-state index in [0.29, 0.717) is 37.4 Å². The molecule has 3 aromatic heterocycles. The van der Waals surface area contributed by atoms with E-state index in [2.05, 4.69) is 10.1 Å². The SMILES string of the molecule is CC(C)(O)CCc1ccc2c(n1)-c1cc(-c3ncnn3-c3ccc(F)cc3F)sc1CCO2. The number of nitrogens with zero attached hydrogens (tertiary/aromatic N) is 4. The molecule has 1 N–H and O–H groups in total. The summed E-state index contributed by atoms with van der Waals surface area (Å²) in [7, 11) is 0. The standard InChI is InChI=1S/C24H22F2N4O2S/c1-24(2,31)9-7-15-4-6-19-22(29-15)16-12-21(33-20(16)8-10-32-19)23-27-13-28-30(23)18-5-3-14(25)11-17(18)26/h3-6,11-13,31H,7-10H2,1-2H3. The maximum Gasteiger partial charge on any atom is 0.173 e. The highest BCUT2D eigenvalue weighted by molar-refractivity contribution is 7.16. The Morgan fingerprint density at radius 3 is 2.82 bits per heavy atom. The Balaban J connectivity index is 1.55. The molecular weight excluding hydrogens is 446 g/mol. The smallest absolute Gasteiger partial charge is 0.173 e. The van der Waals surface area contributed by atoms with Crippen molar-refractivity contribution in [3.05, 3.63) is 64.9 Å². The first kappa shape index (κ1) is 21.7. The van der Waals surface area contributed by atoms with Gasteiger partial charge in [-0.25, -0.2) is 23.4 Å². The Morgan fingerprint density at radius 1 is 1.18 bits per heavy atom. The lowest BCUT2D eigenvalue weighted by Crippen LogP contribution is -2.19. The van der Waals surface area contributed by atoms with Crippen LogP contribution in [0.5, 0.6) is 5.75 Å². The topological polar surface area (TPSA) is 73.1 Å². The molecule has 4 heterocycles. The van der Waals surface area contributed by atoms with Crippen molar-refractivity contribution in [2.45, 2.75) is 38.7 Å². The molecule has 33 heavy (non-hydrogen) atoms. The summed E-state index contributed by atoms with van der Waals surface area (Å²) in [6, 6.07) is 9.20. The van der Waals surface area contributed by atoms with Gasteiger partial charge in [-0.3, -0.25) is 0 Å². The van der Waals surface area contributed by atoms with Crippen molar-refractivity contribution in [3.8, 4) is 33.4 Å². The molecular formula is C24H22F2N4O2S. The summed E-state index contributed by atoms with van der Waals surface area (Å²) in [5, 5.41) is 14.2. The van der Waals surface area contributed by atoms with Crippen molar-refractivity contribution in [1.29, 1.82) is 0 Å². The Bertz CT molecular complexity index is 1330. The lowest BCUT2D eigenvalue weighted by Gasteiger charge is -2.16. The third-order valence-corrected chi connectivity index (χ3v) is 6.66. The molecule has 0 radical (unpaired) electrons. The van der Waals surface area contributed by atoms with E-state index in [1.54, 1.807) is 13.8 Å². The summed E-state index contributed by atoms with van der Waals surface area (Å²) in [5.41, 5.74) is 1.92. The number of aliphatic hydroxyl groups is 1. The third-order valence-electron chi connectivity index (χ3n) is 5.47. The van der Waals surface area contributed by atoms with Crippen molar-refractivity contribution in [2.24, 2.45) is 0 Å². The molecule has 1 aromatic carbocycles. The van der Waals surface area contributed by atoms with Gasteiger partial charge < -0.3 is 9.84 Å². The van der Waals surface area contributed by atoms with Gasteiger partial charge in [-0.2, -0.15) is 5.10 Å². The van der Waals surface area contributed by atoms with E-state index in [0.717, 1.165) is 32.8 Å². The molecule has 9 heteroatoms. The monoisotopic (exact) mass is 468 g/mol. The minimum Gasteiger partial charge on any atom is -0.491 e. The van der Waals surface area contributed by atoms with Gasteiger partial charge >= 0.3 is 0 Å². The lowest BCUT2D eigenvalue weighted by atomic mass is 10.0. The molecule has 0 unspecified atom stereocenters. The van der Waals surface area contributed by atoms with E-state index >= 15 is 0 Å². The number of rotatable bonds is 5.